The van der Waals surface area contributed by atoms with Crippen molar-refractivity contribution in [2.24, 2.45) is 0 Å². The Morgan fingerprint density at radius 1 is 1.14 bits per heavy atom. The van der Waals surface area contributed by atoms with Crippen LogP contribution in [-0.2, 0) is 13.1 Å². The topological polar surface area (TPSA) is 102 Å². The molecule has 28 heavy (non-hydrogen) atoms. The van der Waals surface area contributed by atoms with Crippen molar-refractivity contribution in [3.8, 4) is 0 Å². The number of nitrogens with one attached hydrogen (secondary N) is 2. The SMILES string of the molecule is CCCn1c(N)c(C(=O)C[NH+](C)Cc2ccc3ccccc3c2)c(=O)[nH]c1=O. The summed E-state index contributed by atoms with van der Waals surface area (Å²) >= 11 is 0. The van der Waals surface area contributed by atoms with E-state index in [0.29, 0.717) is 19.5 Å². The van der Waals surface area contributed by atoms with E-state index in [2.05, 4.69) is 29.2 Å². The standard InChI is InChI=1S/C21H24N4O3/c1-3-10-25-19(22)18(20(27)23-21(25)28)17(26)13-24(2)12-14-8-9-15-6-4-5-7-16(15)11-14/h4-9,11H,3,10,12-13,22H2,1-2H3,(H,23,27,28)/p+1. The van der Waals surface area contributed by atoms with E-state index in [4.69, 9.17) is 5.73 Å². The van der Waals surface area contributed by atoms with Crippen LogP contribution in [0.1, 0.15) is 29.3 Å². The third-order valence-electron chi connectivity index (χ3n) is 4.75. The number of anilines is 1. The van der Waals surface area contributed by atoms with Gasteiger partial charge in [0.25, 0.3) is 5.56 Å². The maximum absolute atomic E-state index is 12.7. The van der Waals surface area contributed by atoms with Gasteiger partial charge in [-0.15, -0.1) is 0 Å². The highest BCUT2D eigenvalue weighted by molar-refractivity contribution is 6.00. The van der Waals surface area contributed by atoms with E-state index < -0.39 is 11.2 Å². The second kappa shape index (κ2) is 8.22. The van der Waals surface area contributed by atoms with Crippen molar-refractivity contribution in [3.05, 3.63) is 74.4 Å². The number of fused-ring (bicyclic) bond motifs is 1. The summed E-state index contributed by atoms with van der Waals surface area (Å²) < 4.78 is 1.24. The molecule has 0 spiro atoms. The number of aromatic nitrogens is 2. The molecule has 0 saturated heterocycles. The summed E-state index contributed by atoms with van der Waals surface area (Å²) in [5.41, 5.74) is 5.63. The third-order valence-corrected chi connectivity index (χ3v) is 4.75. The molecule has 7 heteroatoms. The van der Waals surface area contributed by atoms with Gasteiger partial charge in [-0.1, -0.05) is 43.3 Å². The maximum atomic E-state index is 12.7. The van der Waals surface area contributed by atoms with Crippen LogP contribution in [-0.4, -0.2) is 28.9 Å². The highest BCUT2D eigenvalue weighted by Gasteiger charge is 2.22. The van der Waals surface area contributed by atoms with Crippen molar-refractivity contribution in [2.45, 2.75) is 26.4 Å². The molecule has 1 atom stereocenters. The number of benzene rings is 2. The number of likely N-dealkylation sites (N-methyl/N-ethyl adjacent to an activating group) is 1. The largest absolute Gasteiger partial charge is 0.384 e. The quantitative estimate of drug-likeness (QED) is 0.521. The number of H-pyrrole nitrogens is 1. The fourth-order valence-corrected chi connectivity index (χ4v) is 3.43. The van der Waals surface area contributed by atoms with Crippen LogP contribution < -0.4 is 21.9 Å². The molecule has 7 nitrogen and oxygen atoms in total. The number of carbonyl (C=O) groups excluding carboxylic acids is 1. The molecule has 0 bridgehead atoms. The second-order valence-corrected chi connectivity index (χ2v) is 7.09. The van der Waals surface area contributed by atoms with E-state index in [-0.39, 0.29) is 23.7 Å². The van der Waals surface area contributed by atoms with Gasteiger partial charge in [-0.05, 0) is 23.3 Å². The van der Waals surface area contributed by atoms with Gasteiger partial charge in [-0.3, -0.25) is 19.1 Å². The summed E-state index contributed by atoms with van der Waals surface area (Å²) in [6.45, 7) is 2.97. The number of hydrogen-bond acceptors (Lipinski definition) is 4. The van der Waals surface area contributed by atoms with Crippen LogP contribution in [0.3, 0.4) is 0 Å². The predicted molar refractivity (Wildman–Crippen MR) is 110 cm³/mol. The Morgan fingerprint density at radius 2 is 1.86 bits per heavy atom. The maximum Gasteiger partial charge on any atom is 0.329 e. The van der Waals surface area contributed by atoms with Crippen LogP contribution in [0.15, 0.2) is 52.1 Å². The normalized spacial score (nSPS) is 12.2. The molecular weight excluding hydrogens is 356 g/mol. The summed E-state index contributed by atoms with van der Waals surface area (Å²) in [4.78, 5) is 39.9. The first-order valence-electron chi connectivity index (χ1n) is 9.35. The summed E-state index contributed by atoms with van der Waals surface area (Å²) in [7, 11) is 1.89. The molecular formula is C21H25N4O3+. The smallest absolute Gasteiger partial charge is 0.329 e. The van der Waals surface area contributed by atoms with Crippen LogP contribution in [0.4, 0.5) is 5.82 Å². The molecule has 1 aromatic heterocycles. The number of hydrogen-bond donors (Lipinski definition) is 3. The molecule has 0 radical (unpaired) electrons. The third kappa shape index (κ3) is 4.04. The molecule has 0 amide bonds. The Morgan fingerprint density at radius 3 is 2.57 bits per heavy atom. The van der Waals surface area contributed by atoms with Crippen LogP contribution in [0.25, 0.3) is 10.8 Å². The molecule has 0 aliphatic carbocycles. The van der Waals surface area contributed by atoms with Gasteiger partial charge < -0.3 is 10.6 Å². The van der Waals surface area contributed by atoms with Gasteiger partial charge in [-0.25, -0.2) is 4.79 Å². The Kier molecular flexibility index (Phi) is 5.75. The summed E-state index contributed by atoms with van der Waals surface area (Å²) in [6, 6.07) is 14.3. The molecule has 1 unspecified atom stereocenters. The minimum absolute atomic E-state index is 0.0564. The van der Waals surface area contributed by atoms with Crippen molar-refractivity contribution in [1.82, 2.24) is 9.55 Å². The van der Waals surface area contributed by atoms with Crippen LogP contribution in [0.2, 0.25) is 0 Å². The summed E-state index contributed by atoms with van der Waals surface area (Å²) in [5, 5.41) is 2.31. The van der Waals surface area contributed by atoms with Crippen LogP contribution in [0.5, 0.6) is 0 Å². The van der Waals surface area contributed by atoms with Crippen molar-refractivity contribution in [2.75, 3.05) is 19.3 Å². The Hall–Kier alpha value is -3.19. The van der Waals surface area contributed by atoms with E-state index in [1.54, 1.807) is 0 Å². The molecule has 0 fully saturated rings. The number of aromatic amines is 1. The fourth-order valence-electron chi connectivity index (χ4n) is 3.43. The minimum atomic E-state index is -0.724. The minimum Gasteiger partial charge on any atom is -0.384 e. The molecule has 3 aromatic rings. The van der Waals surface area contributed by atoms with Gasteiger partial charge in [0.05, 0.1) is 7.05 Å². The first-order valence-corrected chi connectivity index (χ1v) is 9.35. The average molecular weight is 381 g/mol. The molecule has 4 N–H and O–H groups in total. The van der Waals surface area contributed by atoms with Crippen molar-refractivity contribution in [1.29, 1.82) is 0 Å². The molecule has 2 aromatic carbocycles. The summed E-state index contributed by atoms with van der Waals surface area (Å²) in [6.07, 6.45) is 0.664. The van der Waals surface area contributed by atoms with E-state index in [0.717, 1.165) is 21.2 Å². The molecule has 0 aliphatic rings. The Balaban J connectivity index is 1.79. The summed E-state index contributed by atoms with van der Waals surface area (Å²) in [5.74, 6) is -0.430. The van der Waals surface area contributed by atoms with Crippen LogP contribution >= 0.6 is 0 Å². The number of rotatable bonds is 7. The number of quaternary nitrogens is 1. The average Bonchev–Trinajstić information content (AvgIpc) is 2.64. The number of nitrogens with zero attached hydrogens (tertiary/aromatic N) is 1. The lowest BCUT2D eigenvalue weighted by Gasteiger charge is -2.15. The number of Topliss-reactive ketones (excluding diaryl/α,β-unsaturated/α-hetero) is 1. The molecule has 146 valence electrons. The molecule has 3 rings (SSSR count). The highest BCUT2D eigenvalue weighted by atomic mass is 16.2. The lowest BCUT2D eigenvalue weighted by molar-refractivity contribution is -0.884. The Labute approximate surface area is 162 Å². The van der Waals surface area contributed by atoms with Crippen LogP contribution in [0, 0.1) is 0 Å². The molecule has 0 saturated carbocycles. The van der Waals surface area contributed by atoms with Gasteiger partial charge in [0, 0.05) is 12.1 Å². The zero-order valence-corrected chi connectivity index (χ0v) is 16.1. The zero-order valence-electron chi connectivity index (χ0n) is 16.1. The van der Waals surface area contributed by atoms with Crippen molar-refractivity contribution < 1.29 is 9.69 Å². The van der Waals surface area contributed by atoms with Crippen molar-refractivity contribution >= 4 is 22.4 Å². The van der Waals surface area contributed by atoms with E-state index in [9.17, 15) is 14.4 Å². The lowest BCUT2D eigenvalue weighted by atomic mass is 10.1. The monoisotopic (exact) mass is 381 g/mol. The highest BCUT2D eigenvalue weighted by Crippen LogP contribution is 2.15. The number of ketones is 1. The van der Waals surface area contributed by atoms with Gasteiger partial charge in [-0.2, -0.15) is 0 Å². The number of nitrogen functional groups attached to an aromatic ring is 1. The lowest BCUT2D eigenvalue weighted by Crippen LogP contribution is -3.08. The number of nitrogens with two attached hydrogens (primary N) is 1. The van der Waals surface area contributed by atoms with Gasteiger partial charge in [0.1, 0.15) is 24.5 Å². The number of carbonyl (C=O) groups is 1. The zero-order chi connectivity index (χ0) is 20.3. The van der Waals surface area contributed by atoms with Gasteiger partial charge in [0.2, 0.25) is 5.78 Å². The first kappa shape index (κ1) is 19.6. The van der Waals surface area contributed by atoms with E-state index in [1.807, 2.05) is 32.2 Å². The van der Waals surface area contributed by atoms with E-state index in [1.165, 1.54) is 4.57 Å². The van der Waals surface area contributed by atoms with E-state index >= 15 is 0 Å². The predicted octanol–water partition coefficient (Wildman–Crippen LogP) is 0.580. The second-order valence-electron chi connectivity index (χ2n) is 7.09. The van der Waals surface area contributed by atoms with Gasteiger partial charge in [0.15, 0.2) is 0 Å². The van der Waals surface area contributed by atoms with Gasteiger partial charge >= 0.3 is 5.69 Å². The van der Waals surface area contributed by atoms with Crippen molar-refractivity contribution in [3.63, 3.8) is 0 Å². The molecule has 1 heterocycles. The fraction of sp³-hybridized carbons (Fsp3) is 0.286. The first-order chi connectivity index (χ1) is 13.4. The Bertz CT molecular complexity index is 1130. The molecule has 0 aliphatic heterocycles.